The van der Waals surface area contributed by atoms with Gasteiger partial charge in [0.2, 0.25) is 0 Å². The molecule has 2 rings (SSSR count). The average molecular weight is 368 g/mol. The number of aryl methyl sites for hydroxylation is 2. The number of hydrogen-bond donors (Lipinski definition) is 1. The van der Waals surface area contributed by atoms with Crippen molar-refractivity contribution in [2.75, 3.05) is 6.54 Å². The third kappa shape index (κ3) is 6.13. The quantitative estimate of drug-likeness (QED) is 0.608. The van der Waals surface area contributed by atoms with Crippen LogP contribution in [-0.4, -0.2) is 18.6 Å². The van der Waals surface area contributed by atoms with Crippen molar-refractivity contribution >= 4 is 5.91 Å². The fourth-order valence-electron chi connectivity index (χ4n) is 3.01. The summed E-state index contributed by atoms with van der Waals surface area (Å²) >= 11 is 0. The first-order valence-electron chi connectivity index (χ1n) is 10.0. The summed E-state index contributed by atoms with van der Waals surface area (Å²) in [5, 5.41) is 3.02. The van der Waals surface area contributed by atoms with E-state index < -0.39 is 6.10 Å². The zero-order valence-corrected chi connectivity index (χ0v) is 17.3. The Hall–Kier alpha value is -2.29. The summed E-state index contributed by atoms with van der Waals surface area (Å²) in [5.41, 5.74) is 4.94. The Balaban J connectivity index is 1.80. The molecule has 0 aromatic heterocycles. The topological polar surface area (TPSA) is 38.3 Å². The van der Waals surface area contributed by atoms with Gasteiger partial charge in [-0.3, -0.25) is 4.79 Å². The van der Waals surface area contributed by atoms with Gasteiger partial charge in [0.1, 0.15) is 5.75 Å². The van der Waals surface area contributed by atoms with Crippen LogP contribution in [0.3, 0.4) is 0 Å². The molecule has 0 heterocycles. The second-order valence-corrected chi connectivity index (χ2v) is 7.50. The zero-order valence-electron chi connectivity index (χ0n) is 17.3. The summed E-state index contributed by atoms with van der Waals surface area (Å²) in [5.74, 6) is 1.32. The van der Waals surface area contributed by atoms with E-state index >= 15 is 0 Å². The lowest BCUT2D eigenvalue weighted by Crippen LogP contribution is -2.38. The van der Waals surface area contributed by atoms with Crippen LogP contribution in [0.25, 0.3) is 0 Å². The summed E-state index contributed by atoms with van der Waals surface area (Å²) in [4.78, 5) is 12.5. The van der Waals surface area contributed by atoms with Gasteiger partial charge >= 0.3 is 0 Å². The molecule has 0 saturated heterocycles. The molecule has 0 spiro atoms. The highest BCUT2D eigenvalue weighted by Crippen LogP contribution is 2.22. The third-order valence-electron chi connectivity index (χ3n) is 5.08. The van der Waals surface area contributed by atoms with Crippen molar-refractivity contribution in [2.45, 2.75) is 65.9 Å². The number of rotatable bonds is 9. The molecule has 0 saturated carbocycles. The van der Waals surface area contributed by atoms with Crippen molar-refractivity contribution < 1.29 is 9.53 Å². The van der Waals surface area contributed by atoms with E-state index in [0.29, 0.717) is 18.9 Å². The van der Waals surface area contributed by atoms with Gasteiger partial charge in [-0.05, 0) is 67.3 Å². The van der Waals surface area contributed by atoms with Crippen molar-refractivity contribution in [1.82, 2.24) is 5.32 Å². The molecule has 27 heavy (non-hydrogen) atoms. The van der Waals surface area contributed by atoms with Crippen LogP contribution in [0, 0.1) is 13.8 Å². The van der Waals surface area contributed by atoms with E-state index in [-0.39, 0.29) is 5.91 Å². The molecule has 0 bridgehead atoms. The van der Waals surface area contributed by atoms with Crippen LogP contribution in [0.5, 0.6) is 5.75 Å². The number of nitrogens with one attached hydrogen (secondary N) is 1. The first-order valence-corrected chi connectivity index (χ1v) is 10.0. The van der Waals surface area contributed by atoms with Gasteiger partial charge in [-0.2, -0.15) is 0 Å². The van der Waals surface area contributed by atoms with Gasteiger partial charge in [0.05, 0.1) is 0 Å². The van der Waals surface area contributed by atoms with Gasteiger partial charge in [0.15, 0.2) is 6.10 Å². The predicted molar refractivity (Wildman–Crippen MR) is 112 cm³/mol. The predicted octanol–water partition coefficient (Wildman–Crippen LogP) is 5.33. The van der Waals surface area contributed by atoms with E-state index in [1.807, 2.05) is 26.0 Å². The maximum Gasteiger partial charge on any atom is 0.261 e. The van der Waals surface area contributed by atoms with Gasteiger partial charge in [0.25, 0.3) is 5.91 Å². The molecule has 0 fully saturated rings. The first-order chi connectivity index (χ1) is 12.9. The molecule has 1 amide bonds. The molecule has 2 aromatic rings. The summed E-state index contributed by atoms with van der Waals surface area (Å²) < 4.78 is 5.98. The van der Waals surface area contributed by atoms with Gasteiger partial charge in [-0.25, -0.2) is 0 Å². The zero-order chi connectivity index (χ0) is 19.8. The van der Waals surface area contributed by atoms with Crippen LogP contribution < -0.4 is 10.1 Å². The number of carbonyl (C=O) groups is 1. The van der Waals surface area contributed by atoms with Gasteiger partial charge in [-0.1, -0.05) is 57.2 Å². The van der Waals surface area contributed by atoms with Crippen molar-refractivity contribution in [3.05, 3.63) is 64.7 Å². The van der Waals surface area contributed by atoms with Crippen LogP contribution in [0.1, 0.15) is 61.8 Å². The summed E-state index contributed by atoms with van der Waals surface area (Å²) in [7, 11) is 0. The molecule has 0 aliphatic rings. The standard InChI is InChI=1S/C24H33NO2/c1-6-22(27-23-11-7-9-18(4)19(23)5)24(26)25-16-8-10-20-12-14-21(15-13-20)17(2)3/h7,9,11-15,17,22H,6,8,10,16H2,1-5H3,(H,25,26)/t22-/m0/s1. The first kappa shape index (κ1) is 21.0. The number of benzene rings is 2. The van der Waals surface area contributed by atoms with Crippen LogP contribution >= 0.6 is 0 Å². The van der Waals surface area contributed by atoms with E-state index in [2.05, 4.69) is 56.4 Å². The summed E-state index contributed by atoms with van der Waals surface area (Å²) in [6.45, 7) is 11.1. The average Bonchev–Trinajstić information content (AvgIpc) is 2.66. The van der Waals surface area contributed by atoms with Crippen molar-refractivity contribution in [3.8, 4) is 5.75 Å². The monoisotopic (exact) mass is 367 g/mol. The molecule has 0 unspecified atom stereocenters. The normalized spacial score (nSPS) is 12.1. The van der Waals surface area contributed by atoms with Gasteiger partial charge in [-0.15, -0.1) is 0 Å². The SMILES string of the molecule is CC[C@H](Oc1cccc(C)c1C)C(=O)NCCCc1ccc(C(C)C)cc1. The second kappa shape index (κ2) is 10.1. The van der Waals surface area contributed by atoms with Crippen molar-refractivity contribution in [3.63, 3.8) is 0 Å². The molecule has 1 atom stereocenters. The molecule has 0 aliphatic carbocycles. The molecule has 146 valence electrons. The van der Waals surface area contributed by atoms with E-state index in [0.717, 1.165) is 24.2 Å². The molecule has 1 N–H and O–H groups in total. The Bertz CT molecular complexity index is 735. The van der Waals surface area contributed by atoms with E-state index in [4.69, 9.17) is 4.74 Å². The molecule has 0 radical (unpaired) electrons. The molecule has 3 heteroatoms. The largest absolute Gasteiger partial charge is 0.480 e. The molecule has 3 nitrogen and oxygen atoms in total. The Morgan fingerprint density at radius 1 is 1.07 bits per heavy atom. The highest BCUT2D eigenvalue weighted by Gasteiger charge is 2.18. The lowest BCUT2D eigenvalue weighted by molar-refractivity contribution is -0.128. The Morgan fingerprint density at radius 2 is 1.78 bits per heavy atom. The van der Waals surface area contributed by atoms with Crippen molar-refractivity contribution in [2.24, 2.45) is 0 Å². The van der Waals surface area contributed by atoms with E-state index in [9.17, 15) is 4.79 Å². The molecular formula is C24H33NO2. The smallest absolute Gasteiger partial charge is 0.261 e. The van der Waals surface area contributed by atoms with Crippen LogP contribution in [0.4, 0.5) is 0 Å². The van der Waals surface area contributed by atoms with Gasteiger partial charge in [0, 0.05) is 6.54 Å². The van der Waals surface area contributed by atoms with Gasteiger partial charge < -0.3 is 10.1 Å². The fourth-order valence-corrected chi connectivity index (χ4v) is 3.01. The number of amides is 1. The molecule has 2 aromatic carbocycles. The Kier molecular flexibility index (Phi) is 7.90. The van der Waals surface area contributed by atoms with Crippen LogP contribution in [-0.2, 0) is 11.2 Å². The Labute approximate surface area is 164 Å². The van der Waals surface area contributed by atoms with Crippen LogP contribution in [0.15, 0.2) is 42.5 Å². The lowest BCUT2D eigenvalue weighted by atomic mass is 10.0. The third-order valence-corrected chi connectivity index (χ3v) is 5.08. The highest BCUT2D eigenvalue weighted by atomic mass is 16.5. The maximum absolute atomic E-state index is 12.5. The van der Waals surface area contributed by atoms with E-state index in [1.165, 1.54) is 16.7 Å². The number of hydrogen-bond acceptors (Lipinski definition) is 2. The minimum absolute atomic E-state index is 0.0337. The molecular weight excluding hydrogens is 334 g/mol. The highest BCUT2D eigenvalue weighted by molar-refractivity contribution is 5.81. The summed E-state index contributed by atoms with van der Waals surface area (Å²) in [6, 6.07) is 14.7. The molecule has 0 aliphatic heterocycles. The lowest BCUT2D eigenvalue weighted by Gasteiger charge is -2.19. The second-order valence-electron chi connectivity index (χ2n) is 7.50. The minimum atomic E-state index is -0.448. The fraction of sp³-hybridized carbons (Fsp3) is 0.458. The summed E-state index contributed by atoms with van der Waals surface area (Å²) in [6.07, 6.45) is 2.09. The number of ether oxygens (including phenoxy) is 1. The van der Waals surface area contributed by atoms with Crippen molar-refractivity contribution in [1.29, 1.82) is 0 Å². The minimum Gasteiger partial charge on any atom is -0.480 e. The van der Waals surface area contributed by atoms with Crippen LogP contribution in [0.2, 0.25) is 0 Å². The number of carbonyl (C=O) groups excluding carboxylic acids is 1. The maximum atomic E-state index is 12.5. The Morgan fingerprint density at radius 3 is 2.41 bits per heavy atom. The van der Waals surface area contributed by atoms with E-state index in [1.54, 1.807) is 0 Å².